The van der Waals surface area contributed by atoms with Gasteiger partial charge in [0.05, 0.1) is 0 Å². The number of nitrogens with two attached hydrogens (primary N) is 4. The van der Waals surface area contributed by atoms with Crippen molar-refractivity contribution in [2.24, 2.45) is 0 Å². The number of hydrogen-bond acceptors (Lipinski definition) is 8. The van der Waals surface area contributed by atoms with E-state index in [9.17, 15) is 0 Å². The molecule has 0 heterocycles. The maximum Gasteiger partial charge on any atom is 0.194 e. The molecule has 4 aliphatic carbocycles. The summed E-state index contributed by atoms with van der Waals surface area (Å²) in [7, 11) is 0. The lowest BCUT2D eigenvalue weighted by molar-refractivity contribution is 0.103. The summed E-state index contributed by atoms with van der Waals surface area (Å²) < 4.78 is 0. The van der Waals surface area contributed by atoms with E-state index in [1.165, 1.54) is 152 Å². The zero-order valence-corrected chi connectivity index (χ0v) is 56.4. The molecule has 0 saturated carbocycles. The summed E-state index contributed by atoms with van der Waals surface area (Å²) in [5.41, 5.74) is 42.0. The first-order valence-electron chi connectivity index (χ1n) is 37.0. The molecule has 106 heavy (non-hydrogen) atoms. The minimum atomic E-state index is -0.0844. The number of nitrogen functional groups attached to an aromatic ring is 4. The lowest BCUT2D eigenvalue weighted by atomic mass is 9.65. The first kappa shape index (κ1) is 53.3. The maximum atomic E-state index is 17.0. The van der Waals surface area contributed by atoms with Gasteiger partial charge >= 0.3 is 0 Å². The van der Waals surface area contributed by atoms with Crippen LogP contribution in [0.1, 0.15) is 97.9 Å². The van der Waals surface area contributed by atoms with Gasteiger partial charge in [0.2, 0.25) is 0 Å². The van der Waals surface area contributed by atoms with E-state index in [1.54, 1.807) is 0 Å². The number of benzene rings is 25. The number of allylic oxidation sites excluding steroid dienone is 2. The average molecular weight is 1350 g/mol. The van der Waals surface area contributed by atoms with E-state index < -0.39 is 0 Å². The number of carbonyl (C=O) groups excluding carboxylic acids is 4. The Hall–Kier alpha value is -13.6. The summed E-state index contributed by atoms with van der Waals surface area (Å²) in [4.78, 5) is 64.8. The van der Waals surface area contributed by atoms with Crippen molar-refractivity contribution >= 4 is 272 Å². The van der Waals surface area contributed by atoms with Gasteiger partial charge in [0.1, 0.15) is 0 Å². The number of hydrogen-bond donors (Lipinski definition) is 4. The summed E-state index contributed by atoms with van der Waals surface area (Å²) in [6.07, 6.45) is 6.68. The Morgan fingerprint density at radius 3 is 1.22 bits per heavy atom. The summed E-state index contributed by atoms with van der Waals surface area (Å²) in [5, 5.41) is 46.9. The number of Topliss-reactive ketones (excluding diaryl/α,β-unsaturated/α-hetero) is 1. The van der Waals surface area contributed by atoms with Crippen LogP contribution in [0.4, 0.5) is 22.7 Å². The van der Waals surface area contributed by atoms with Gasteiger partial charge in [-0.1, -0.05) is 18.2 Å². The van der Waals surface area contributed by atoms with Gasteiger partial charge in [0, 0.05) is 67.3 Å². The second-order valence-corrected chi connectivity index (χ2v) is 32.1. The van der Waals surface area contributed by atoms with Crippen molar-refractivity contribution in [1.29, 1.82) is 0 Å². The van der Waals surface area contributed by atoms with Crippen LogP contribution < -0.4 is 28.2 Å². The number of ketones is 4. The third-order valence-electron chi connectivity index (χ3n) is 27.6. The lowest BCUT2D eigenvalue weighted by Gasteiger charge is -2.36. The Morgan fingerprint density at radius 2 is 0.651 bits per heavy atom. The lowest BCUT2D eigenvalue weighted by Crippen LogP contribution is -2.23. The van der Waals surface area contributed by atoms with E-state index in [0.29, 0.717) is 81.0 Å². The largest absolute Gasteiger partial charge is 0.399 e. The van der Waals surface area contributed by atoms with E-state index in [4.69, 9.17) is 22.9 Å². The zero-order valence-electron chi connectivity index (χ0n) is 56.4. The van der Waals surface area contributed by atoms with E-state index in [2.05, 4.69) is 72.8 Å². The van der Waals surface area contributed by atoms with Crippen LogP contribution in [0.2, 0.25) is 0 Å². The fraction of sp³-hybridized carbons (Fsp3) is 0.0612. The highest BCUT2D eigenvalue weighted by molar-refractivity contribution is 6.69. The van der Waals surface area contributed by atoms with Gasteiger partial charge in [-0.2, -0.15) is 0 Å². The molecule has 0 aromatic heterocycles. The van der Waals surface area contributed by atoms with E-state index in [1.807, 2.05) is 97.1 Å². The highest BCUT2D eigenvalue weighted by Crippen LogP contribution is 2.69. The Morgan fingerprint density at radius 1 is 0.264 bits per heavy atom. The molecule has 8 nitrogen and oxygen atoms in total. The highest BCUT2D eigenvalue weighted by atomic mass is 16.1. The zero-order chi connectivity index (χ0) is 69.0. The van der Waals surface area contributed by atoms with E-state index in [0.717, 1.165) is 133 Å². The number of anilines is 4. The van der Waals surface area contributed by atoms with Gasteiger partial charge in [-0.15, -0.1) is 0 Å². The summed E-state index contributed by atoms with van der Waals surface area (Å²) in [6, 6.07) is 55.5. The molecule has 0 bridgehead atoms. The predicted molar refractivity (Wildman–Crippen MR) is 439 cm³/mol. The molecule has 0 spiro atoms. The van der Waals surface area contributed by atoms with Gasteiger partial charge in [-0.05, 0) is 450 Å². The summed E-state index contributed by atoms with van der Waals surface area (Å²) in [6.45, 7) is 0. The molecule has 0 unspecified atom stereocenters. The SMILES string of the molecule is Nc1ccc(C(=O)C2=c3cc4cc5cc6cc7c(C(=O)c8ccc(N)cc8)cc8c9c%10c%11c%12c(ccc%13cc%14c(C(=O)c%15ccc(N)cc%15)c%15cc%16cc%17c(C(=O)c%18ccc(N)cc%18)cc%18c%19c%20c(c(c3c3c4c4c5c5c6c(c79)c6c%10c(c%13%12)c%14c7c%15c9c%16c(c%17%19)c(c%203)c4c9c5c76)CC2)CC%18)CC=C%11C8)cc1. The number of aryl methyl sites for hydroxylation is 3. The van der Waals surface area contributed by atoms with Crippen molar-refractivity contribution in [3.05, 3.63) is 247 Å². The topological polar surface area (TPSA) is 172 Å². The normalized spacial score (nSPS) is 14.9. The van der Waals surface area contributed by atoms with Crippen LogP contribution in [-0.4, -0.2) is 23.1 Å². The first-order chi connectivity index (χ1) is 51.9. The molecule has 0 saturated heterocycles. The molecule has 0 atom stereocenters. The molecule has 0 fully saturated rings. The molecule has 0 amide bonds. The summed E-state index contributed by atoms with van der Waals surface area (Å²) >= 11 is 0. The van der Waals surface area contributed by atoms with Crippen molar-refractivity contribution in [3.8, 4) is 0 Å². The minimum Gasteiger partial charge on any atom is -0.399 e. The fourth-order valence-electron chi connectivity index (χ4n) is 24.0. The number of carbonyl (C=O) groups is 4. The smallest absolute Gasteiger partial charge is 0.194 e. The van der Waals surface area contributed by atoms with E-state index >= 15 is 19.2 Å². The van der Waals surface area contributed by atoms with Crippen LogP contribution in [0.5, 0.6) is 0 Å². The van der Waals surface area contributed by atoms with Crippen LogP contribution in [-0.2, 0) is 32.1 Å². The average Bonchev–Trinajstić information content (AvgIpc) is 0.620. The molecule has 8 N–H and O–H groups in total. The van der Waals surface area contributed by atoms with Crippen LogP contribution in [0.25, 0.3) is 227 Å². The Kier molecular flexibility index (Phi) is 8.33. The molecule has 29 rings (SSSR count). The highest BCUT2D eigenvalue weighted by Gasteiger charge is 2.43. The second kappa shape index (κ2) is 16.6. The number of fused-ring (bicyclic) bond motifs is 1. The predicted octanol–water partition coefficient (Wildman–Crippen LogP) is 21.3. The van der Waals surface area contributed by atoms with Crippen molar-refractivity contribution < 1.29 is 19.2 Å². The minimum absolute atomic E-state index is 0.0137. The molecule has 25 aromatic rings. The fourth-order valence-corrected chi connectivity index (χ4v) is 24.0. The van der Waals surface area contributed by atoms with Gasteiger partial charge in [-0.3, -0.25) is 19.2 Å². The van der Waals surface area contributed by atoms with Crippen molar-refractivity contribution in [1.82, 2.24) is 0 Å². The van der Waals surface area contributed by atoms with Crippen LogP contribution >= 0.6 is 0 Å². The summed E-state index contributed by atoms with van der Waals surface area (Å²) in [5.74, 6) is -0.184. The van der Waals surface area contributed by atoms with Crippen LogP contribution in [0.15, 0.2) is 170 Å². The third-order valence-corrected chi connectivity index (χ3v) is 27.6. The molecule has 0 radical (unpaired) electrons. The standard InChI is InChI=1S/C98H48N4O4/c99-48-14-5-36(6-15-48)95(103)54-24-23-52-53-22-13-42-28-58(96(104)37-7-16-49(100)17-8-37)57-32-47-34-61-72(98(106)39-11-20-51(102)21-12-39)60-29-41-4-2-35-1-3-40-25-44-33-59(97(105)38-9-18-50(101)19-10-38)56-31-46-27-43-26-45-30-55(54)71(52)81-68(45)79-67(43)80-69(46)83-75(56)66(44)78-63(40)62(35)64(41)82-76(60)86-77(61)85-70(47)84-74(57)65(42)73(53)87(81)91(84)89(79)93(85)90(80)94(86)92(83)88(78)82/h2-12,14-21,26-34H,1,13,22-25,99-102H2. The van der Waals surface area contributed by atoms with Crippen molar-refractivity contribution in [3.63, 3.8) is 0 Å². The van der Waals surface area contributed by atoms with Crippen LogP contribution in [0.3, 0.4) is 0 Å². The van der Waals surface area contributed by atoms with Gasteiger partial charge in [0.15, 0.2) is 23.1 Å². The van der Waals surface area contributed by atoms with E-state index in [-0.39, 0.29) is 23.1 Å². The molecular weight excluding hydrogens is 1300 g/mol. The molecular formula is C98H48N4O4. The number of rotatable bonds is 8. The molecule has 484 valence electrons. The molecule has 0 aliphatic heterocycles. The van der Waals surface area contributed by atoms with Crippen LogP contribution in [0, 0.1) is 0 Å². The second-order valence-electron chi connectivity index (χ2n) is 32.1. The molecule has 4 aliphatic rings. The third kappa shape index (κ3) is 5.39. The Bertz CT molecular complexity index is 8740. The first-order valence-corrected chi connectivity index (χ1v) is 37.0. The maximum absolute atomic E-state index is 17.0. The monoisotopic (exact) mass is 1340 g/mol. The van der Waals surface area contributed by atoms with Crippen molar-refractivity contribution in [2.75, 3.05) is 22.9 Å². The van der Waals surface area contributed by atoms with Crippen molar-refractivity contribution in [2.45, 2.75) is 38.5 Å². The van der Waals surface area contributed by atoms with Gasteiger partial charge < -0.3 is 22.9 Å². The van der Waals surface area contributed by atoms with Gasteiger partial charge in [0.25, 0.3) is 0 Å². The Labute approximate surface area is 596 Å². The quantitative estimate of drug-likeness (QED) is 0.0504. The molecule has 25 aromatic carbocycles. The Balaban J connectivity index is 0.951. The van der Waals surface area contributed by atoms with Gasteiger partial charge in [-0.25, -0.2) is 0 Å². The molecule has 8 heteroatoms.